The molecular weight excluding hydrogens is 658 g/mol. The van der Waals surface area contributed by atoms with Crippen molar-refractivity contribution in [1.29, 1.82) is 5.26 Å². The minimum Gasteiger partial charge on any atom is -0.508 e. The van der Waals surface area contributed by atoms with Gasteiger partial charge in [-0.1, -0.05) is 18.6 Å². The number of aromatic hydroxyl groups is 1. The second-order valence-corrected chi connectivity index (χ2v) is 14.4. The maximum atomic E-state index is 17.0. The van der Waals surface area contributed by atoms with Gasteiger partial charge in [0, 0.05) is 41.6 Å². The van der Waals surface area contributed by atoms with Crippen LogP contribution in [0.1, 0.15) is 58.8 Å². The van der Waals surface area contributed by atoms with Gasteiger partial charge in [-0.05, 0) is 82.5 Å². The first-order chi connectivity index (χ1) is 24.6. The van der Waals surface area contributed by atoms with Crippen molar-refractivity contribution in [1.82, 2.24) is 19.9 Å². The largest absolute Gasteiger partial charge is 0.508 e. The van der Waals surface area contributed by atoms with Crippen LogP contribution in [0.15, 0.2) is 30.3 Å². The van der Waals surface area contributed by atoms with Gasteiger partial charge in [-0.15, -0.1) is 0 Å². The van der Waals surface area contributed by atoms with Crippen LogP contribution in [0.3, 0.4) is 0 Å². The summed E-state index contributed by atoms with van der Waals surface area (Å²) in [7, 11) is 1.37. The van der Waals surface area contributed by atoms with E-state index in [9.17, 15) is 15.5 Å². The fourth-order valence-corrected chi connectivity index (χ4v) is 8.73. The Balaban J connectivity index is 1.32. The third-order valence-electron chi connectivity index (χ3n) is 11.2. The summed E-state index contributed by atoms with van der Waals surface area (Å²) >= 11 is 0. The van der Waals surface area contributed by atoms with E-state index in [-0.39, 0.29) is 75.0 Å². The Morgan fingerprint density at radius 1 is 1.12 bits per heavy atom. The van der Waals surface area contributed by atoms with Crippen LogP contribution >= 0.6 is 0 Å². The summed E-state index contributed by atoms with van der Waals surface area (Å²) in [4.78, 5) is 17.9. The first kappa shape index (κ1) is 35.0. The maximum Gasteiger partial charge on any atom is 0.319 e. The molecular formula is C38H44F2N6O5. The molecule has 3 aliphatic rings. The molecule has 1 aliphatic heterocycles. The number of aromatic nitrogens is 3. The number of phenolic OH excluding ortho intramolecular Hbond substituents is 1. The minimum atomic E-state index is -0.886. The number of aliphatic hydroxyl groups excluding tert-OH is 1. The number of methoxy groups -OCH3 is 1. The molecule has 2 aromatic heterocycles. The molecule has 51 heavy (non-hydrogen) atoms. The zero-order valence-electron chi connectivity index (χ0n) is 29.3. The zero-order chi connectivity index (χ0) is 35.9. The Hall–Kier alpha value is -4.38. The lowest BCUT2D eigenvalue weighted by Crippen LogP contribution is -2.60. The van der Waals surface area contributed by atoms with Gasteiger partial charge >= 0.3 is 6.01 Å². The third-order valence-corrected chi connectivity index (χ3v) is 11.2. The van der Waals surface area contributed by atoms with Crippen LogP contribution in [0.4, 0.5) is 14.6 Å². The monoisotopic (exact) mass is 702 g/mol. The molecule has 2 saturated carbocycles. The van der Waals surface area contributed by atoms with Crippen LogP contribution in [-0.2, 0) is 4.74 Å². The molecule has 270 valence electrons. The SMILES string of the molecule is CCOCCN(CO)c1nc(OCC23CCCC2N(C2CC(C)(C#N)C2)CCC3)nc2c(F)c(-c3cc(O)cc4cccc(F)c34)nc(OC)c12. The fourth-order valence-electron chi connectivity index (χ4n) is 8.73. The molecule has 2 atom stereocenters. The number of phenols is 1. The second-order valence-electron chi connectivity index (χ2n) is 14.4. The molecule has 3 fully saturated rings. The number of anilines is 1. The molecule has 0 spiro atoms. The Kier molecular flexibility index (Phi) is 9.60. The van der Waals surface area contributed by atoms with Crippen molar-refractivity contribution in [3.05, 3.63) is 42.0 Å². The molecule has 7 rings (SSSR count). The number of halogens is 2. The van der Waals surface area contributed by atoms with Crippen molar-refractivity contribution in [3.8, 4) is 35.0 Å². The molecule has 1 saturated heterocycles. The zero-order valence-corrected chi connectivity index (χ0v) is 29.3. The lowest BCUT2D eigenvalue weighted by atomic mass is 9.65. The Labute approximate surface area is 295 Å². The molecule has 2 N–H and O–H groups in total. The molecule has 13 heteroatoms. The Morgan fingerprint density at radius 3 is 2.67 bits per heavy atom. The number of rotatable bonds is 12. The molecule has 0 bridgehead atoms. The third kappa shape index (κ3) is 6.27. The number of nitriles is 1. The van der Waals surface area contributed by atoms with E-state index < -0.39 is 18.4 Å². The summed E-state index contributed by atoms with van der Waals surface area (Å²) in [6, 6.07) is 10.1. The van der Waals surface area contributed by atoms with Crippen LogP contribution in [0.5, 0.6) is 17.6 Å². The fraction of sp³-hybridized carbons (Fsp3) is 0.526. The van der Waals surface area contributed by atoms with Gasteiger partial charge in [-0.2, -0.15) is 15.2 Å². The summed E-state index contributed by atoms with van der Waals surface area (Å²) in [5.41, 5.74) is -0.856. The summed E-state index contributed by atoms with van der Waals surface area (Å²) in [5.74, 6) is -1.58. The lowest BCUT2D eigenvalue weighted by Gasteiger charge is -2.54. The predicted octanol–water partition coefficient (Wildman–Crippen LogP) is 6.34. The lowest BCUT2D eigenvalue weighted by molar-refractivity contribution is -0.0629. The topological polar surface area (TPSA) is 137 Å². The highest BCUT2D eigenvalue weighted by Gasteiger charge is 2.53. The van der Waals surface area contributed by atoms with E-state index in [0.29, 0.717) is 30.7 Å². The van der Waals surface area contributed by atoms with E-state index in [1.807, 2.05) is 13.8 Å². The van der Waals surface area contributed by atoms with Crippen LogP contribution in [0.25, 0.3) is 32.9 Å². The maximum absolute atomic E-state index is 17.0. The number of likely N-dealkylation sites (tertiary alicyclic amines) is 1. The van der Waals surface area contributed by atoms with Crippen LogP contribution < -0.4 is 14.4 Å². The molecule has 2 aliphatic carbocycles. The highest BCUT2D eigenvalue weighted by atomic mass is 19.1. The van der Waals surface area contributed by atoms with Crippen molar-refractivity contribution < 1.29 is 33.2 Å². The van der Waals surface area contributed by atoms with E-state index in [1.165, 1.54) is 36.3 Å². The summed E-state index contributed by atoms with van der Waals surface area (Å²) < 4.78 is 50.0. The van der Waals surface area contributed by atoms with E-state index in [2.05, 4.69) is 20.9 Å². The number of benzene rings is 2. The Bertz CT molecular complexity index is 1980. The second kappa shape index (κ2) is 14.0. The molecule has 0 radical (unpaired) electrons. The van der Waals surface area contributed by atoms with Crippen LogP contribution in [0, 0.1) is 33.8 Å². The molecule has 2 unspecified atom stereocenters. The minimum absolute atomic E-state index is 0.0252. The smallest absolute Gasteiger partial charge is 0.319 e. The van der Waals surface area contributed by atoms with E-state index in [4.69, 9.17) is 19.2 Å². The van der Waals surface area contributed by atoms with Crippen molar-refractivity contribution in [2.45, 2.75) is 70.9 Å². The van der Waals surface area contributed by atoms with E-state index >= 15 is 8.78 Å². The van der Waals surface area contributed by atoms with Crippen molar-refractivity contribution in [2.24, 2.45) is 10.8 Å². The quantitative estimate of drug-likeness (QED) is 0.127. The number of fused-ring (bicyclic) bond motifs is 3. The van der Waals surface area contributed by atoms with Crippen molar-refractivity contribution >= 4 is 27.5 Å². The summed E-state index contributed by atoms with van der Waals surface area (Å²) in [6.45, 7) is 5.67. The number of nitrogens with zero attached hydrogens (tertiary/aromatic N) is 6. The van der Waals surface area contributed by atoms with Gasteiger partial charge in [0.2, 0.25) is 5.88 Å². The molecule has 2 aromatic carbocycles. The normalized spacial score (nSPS) is 24.6. The molecule has 0 amide bonds. The van der Waals surface area contributed by atoms with E-state index in [0.717, 1.165) is 51.5 Å². The molecule has 11 nitrogen and oxygen atoms in total. The average Bonchev–Trinajstić information content (AvgIpc) is 3.56. The van der Waals surface area contributed by atoms with E-state index in [1.54, 1.807) is 6.07 Å². The van der Waals surface area contributed by atoms with Gasteiger partial charge in [0.1, 0.15) is 34.9 Å². The van der Waals surface area contributed by atoms with Crippen LogP contribution in [0.2, 0.25) is 0 Å². The first-order valence-electron chi connectivity index (χ1n) is 17.7. The number of ether oxygens (including phenoxy) is 3. The Morgan fingerprint density at radius 2 is 1.92 bits per heavy atom. The van der Waals surface area contributed by atoms with Gasteiger partial charge in [0.25, 0.3) is 0 Å². The highest BCUT2D eigenvalue weighted by Crippen LogP contribution is 2.53. The number of pyridine rings is 1. The number of hydrogen-bond donors (Lipinski definition) is 2. The first-order valence-corrected chi connectivity index (χ1v) is 17.7. The van der Waals surface area contributed by atoms with Crippen molar-refractivity contribution in [2.75, 3.05) is 51.7 Å². The molecule has 4 aromatic rings. The summed E-state index contributed by atoms with van der Waals surface area (Å²) in [5, 5.41) is 31.3. The van der Waals surface area contributed by atoms with Gasteiger partial charge in [-0.25, -0.2) is 13.8 Å². The van der Waals surface area contributed by atoms with Crippen LogP contribution in [-0.4, -0.2) is 88.9 Å². The highest BCUT2D eigenvalue weighted by molar-refractivity contribution is 6.02. The van der Waals surface area contributed by atoms with Crippen molar-refractivity contribution in [3.63, 3.8) is 0 Å². The standard InChI is InChI=1S/C38H44F2N6O5/c1-4-50-15-14-45(22-47)34-30-33(31(40)32(42-35(30)49-3)26-17-25(48)16-23-8-5-9-27(39)29(23)26)43-36(44-34)51-21-38-11-6-10-28(38)46(13-7-12-38)24-18-37(2,19-24)20-41/h5,8-9,16-17,24,28,47-48H,4,6-7,10-15,18-19,21-22H2,1-3H3. The number of piperidine rings is 1. The average molecular weight is 703 g/mol. The summed E-state index contributed by atoms with van der Waals surface area (Å²) in [6.07, 6.45) is 6.78. The number of hydrogen-bond acceptors (Lipinski definition) is 11. The van der Waals surface area contributed by atoms with Gasteiger partial charge < -0.3 is 29.3 Å². The molecule has 3 heterocycles. The van der Waals surface area contributed by atoms with Gasteiger partial charge in [0.15, 0.2) is 11.6 Å². The number of aliphatic hydroxyl groups is 1. The van der Waals surface area contributed by atoms with Gasteiger partial charge in [-0.3, -0.25) is 4.90 Å². The van der Waals surface area contributed by atoms with Gasteiger partial charge in [0.05, 0.1) is 31.8 Å². The predicted molar refractivity (Wildman–Crippen MR) is 188 cm³/mol.